The third kappa shape index (κ3) is 3.54. The van der Waals surface area contributed by atoms with E-state index < -0.39 is 14.9 Å². The highest BCUT2D eigenvalue weighted by Gasteiger charge is 2.36. The molecule has 1 fully saturated rings. The van der Waals surface area contributed by atoms with Crippen LogP contribution in [0, 0.1) is 29.9 Å². The van der Waals surface area contributed by atoms with Gasteiger partial charge in [0.25, 0.3) is 5.69 Å². The van der Waals surface area contributed by atoms with Gasteiger partial charge in [-0.05, 0) is 51.8 Å². The van der Waals surface area contributed by atoms with Crippen LogP contribution in [0.2, 0.25) is 0 Å². The molecule has 1 aliphatic heterocycles. The van der Waals surface area contributed by atoms with Gasteiger partial charge in [-0.1, -0.05) is 12.1 Å². The minimum atomic E-state index is -3.88. The standard InChI is InChI=1S/C15H23N3O4S/c1-11-6-7-12(2)15(14(11)18(19)20)23(21,22)17-8-4-5-13(10-17)9-16-3/h6-7,13,16H,4-5,8-10H2,1-3H3. The molecule has 7 nitrogen and oxygen atoms in total. The number of hydrogen-bond donors (Lipinski definition) is 1. The highest BCUT2D eigenvalue weighted by atomic mass is 32.2. The molecule has 0 amide bonds. The summed E-state index contributed by atoms with van der Waals surface area (Å²) >= 11 is 0. The lowest BCUT2D eigenvalue weighted by atomic mass is 10.00. The van der Waals surface area contributed by atoms with E-state index in [9.17, 15) is 18.5 Å². The molecule has 128 valence electrons. The third-order valence-electron chi connectivity index (χ3n) is 4.29. The van der Waals surface area contributed by atoms with Crippen LogP contribution in [0.4, 0.5) is 5.69 Å². The molecule has 0 radical (unpaired) electrons. The second kappa shape index (κ2) is 6.94. The summed E-state index contributed by atoms with van der Waals surface area (Å²) in [6.07, 6.45) is 1.73. The molecular weight excluding hydrogens is 318 g/mol. The molecule has 0 saturated carbocycles. The van der Waals surface area contributed by atoms with Gasteiger partial charge < -0.3 is 5.32 Å². The molecule has 0 spiro atoms. The average Bonchev–Trinajstić information content (AvgIpc) is 2.49. The van der Waals surface area contributed by atoms with Gasteiger partial charge in [0.2, 0.25) is 10.0 Å². The quantitative estimate of drug-likeness (QED) is 0.651. The number of hydrogen-bond acceptors (Lipinski definition) is 5. The number of aryl methyl sites for hydroxylation is 2. The first-order chi connectivity index (χ1) is 10.8. The summed E-state index contributed by atoms with van der Waals surface area (Å²) in [5.41, 5.74) is 0.474. The number of piperidine rings is 1. The Balaban J connectivity index is 2.48. The highest BCUT2D eigenvalue weighted by molar-refractivity contribution is 7.89. The minimum absolute atomic E-state index is 0.160. The van der Waals surface area contributed by atoms with E-state index in [1.807, 2.05) is 7.05 Å². The molecule has 1 saturated heterocycles. The third-order valence-corrected chi connectivity index (χ3v) is 6.33. The number of nitrogens with one attached hydrogen (secondary N) is 1. The molecule has 1 aliphatic rings. The molecule has 1 aromatic rings. The Kier molecular flexibility index (Phi) is 5.38. The Morgan fingerprint density at radius 1 is 1.35 bits per heavy atom. The Morgan fingerprint density at radius 3 is 2.61 bits per heavy atom. The van der Waals surface area contributed by atoms with E-state index in [0.29, 0.717) is 24.2 Å². The van der Waals surface area contributed by atoms with Crippen molar-refractivity contribution in [1.82, 2.24) is 9.62 Å². The normalized spacial score (nSPS) is 19.7. The lowest BCUT2D eigenvalue weighted by molar-refractivity contribution is -0.388. The number of benzene rings is 1. The van der Waals surface area contributed by atoms with Crippen molar-refractivity contribution >= 4 is 15.7 Å². The zero-order chi connectivity index (χ0) is 17.2. The molecule has 1 N–H and O–H groups in total. The van der Waals surface area contributed by atoms with Gasteiger partial charge in [-0.15, -0.1) is 0 Å². The van der Waals surface area contributed by atoms with Crippen LogP contribution >= 0.6 is 0 Å². The van der Waals surface area contributed by atoms with E-state index in [1.54, 1.807) is 26.0 Å². The first kappa shape index (κ1) is 17.8. The van der Waals surface area contributed by atoms with Crippen molar-refractivity contribution in [3.05, 3.63) is 33.4 Å². The van der Waals surface area contributed by atoms with Gasteiger partial charge >= 0.3 is 0 Å². The number of nitrogens with zero attached hydrogens (tertiary/aromatic N) is 2. The van der Waals surface area contributed by atoms with Crippen molar-refractivity contribution in [2.24, 2.45) is 5.92 Å². The Morgan fingerprint density at radius 2 is 2.00 bits per heavy atom. The van der Waals surface area contributed by atoms with Crippen LogP contribution in [0.3, 0.4) is 0 Å². The molecule has 2 rings (SSSR count). The van der Waals surface area contributed by atoms with Gasteiger partial charge in [-0.25, -0.2) is 8.42 Å². The van der Waals surface area contributed by atoms with Crippen LogP contribution in [0.15, 0.2) is 17.0 Å². The van der Waals surface area contributed by atoms with E-state index >= 15 is 0 Å². The van der Waals surface area contributed by atoms with Crippen molar-refractivity contribution in [2.45, 2.75) is 31.6 Å². The van der Waals surface area contributed by atoms with E-state index in [1.165, 1.54) is 4.31 Å². The number of sulfonamides is 1. The molecule has 1 unspecified atom stereocenters. The fourth-order valence-corrected chi connectivity index (χ4v) is 5.14. The minimum Gasteiger partial charge on any atom is -0.319 e. The molecule has 0 bridgehead atoms. The lowest BCUT2D eigenvalue weighted by Gasteiger charge is -2.32. The lowest BCUT2D eigenvalue weighted by Crippen LogP contribution is -2.42. The largest absolute Gasteiger partial charge is 0.319 e. The van der Waals surface area contributed by atoms with Crippen LogP contribution in [-0.2, 0) is 10.0 Å². The van der Waals surface area contributed by atoms with Crippen LogP contribution in [0.1, 0.15) is 24.0 Å². The van der Waals surface area contributed by atoms with Gasteiger partial charge in [0.05, 0.1) is 4.92 Å². The maximum Gasteiger partial charge on any atom is 0.292 e. The number of nitro benzene ring substituents is 1. The maximum absolute atomic E-state index is 13.0. The molecule has 1 aromatic carbocycles. The van der Waals surface area contributed by atoms with Gasteiger partial charge in [0, 0.05) is 18.7 Å². The van der Waals surface area contributed by atoms with Gasteiger partial charge in [0.15, 0.2) is 4.90 Å². The second-order valence-corrected chi connectivity index (χ2v) is 7.94. The summed E-state index contributed by atoms with van der Waals surface area (Å²) in [6, 6.07) is 3.22. The van der Waals surface area contributed by atoms with Crippen molar-refractivity contribution in [2.75, 3.05) is 26.7 Å². The Bertz CT molecular complexity index is 701. The van der Waals surface area contributed by atoms with Gasteiger partial charge in [-0.2, -0.15) is 4.31 Å². The van der Waals surface area contributed by atoms with Crippen molar-refractivity contribution in [3.63, 3.8) is 0 Å². The average molecular weight is 341 g/mol. The summed E-state index contributed by atoms with van der Waals surface area (Å²) in [6.45, 7) is 4.71. The maximum atomic E-state index is 13.0. The monoisotopic (exact) mass is 341 g/mol. The molecule has 23 heavy (non-hydrogen) atoms. The van der Waals surface area contributed by atoms with E-state index in [2.05, 4.69) is 5.32 Å². The van der Waals surface area contributed by atoms with Gasteiger partial charge in [-0.3, -0.25) is 10.1 Å². The molecule has 1 atom stereocenters. The van der Waals surface area contributed by atoms with Crippen LogP contribution in [-0.4, -0.2) is 44.3 Å². The summed E-state index contributed by atoms with van der Waals surface area (Å²) in [5, 5.41) is 14.5. The smallest absolute Gasteiger partial charge is 0.292 e. The predicted molar refractivity (Wildman–Crippen MR) is 88.0 cm³/mol. The van der Waals surface area contributed by atoms with E-state index in [4.69, 9.17) is 0 Å². The summed E-state index contributed by atoms with van der Waals surface area (Å²) in [7, 11) is -2.04. The fraction of sp³-hybridized carbons (Fsp3) is 0.600. The molecule has 1 heterocycles. The molecular formula is C15H23N3O4S. The zero-order valence-corrected chi connectivity index (χ0v) is 14.5. The molecule has 0 aliphatic carbocycles. The van der Waals surface area contributed by atoms with Crippen LogP contribution in [0.25, 0.3) is 0 Å². The van der Waals surface area contributed by atoms with Gasteiger partial charge in [0.1, 0.15) is 0 Å². The Hall–Kier alpha value is -1.51. The van der Waals surface area contributed by atoms with E-state index in [-0.39, 0.29) is 16.5 Å². The number of rotatable bonds is 5. The first-order valence-corrected chi connectivity index (χ1v) is 9.12. The van der Waals surface area contributed by atoms with Crippen LogP contribution in [0.5, 0.6) is 0 Å². The predicted octanol–water partition coefficient (Wildman–Crippen LogP) is 1.83. The topological polar surface area (TPSA) is 92.6 Å². The second-order valence-electron chi connectivity index (χ2n) is 6.06. The molecule has 0 aromatic heterocycles. The SMILES string of the molecule is CNCC1CCCN(S(=O)(=O)c2c(C)ccc(C)c2[N+](=O)[O-])C1. The van der Waals surface area contributed by atoms with Crippen molar-refractivity contribution in [1.29, 1.82) is 0 Å². The zero-order valence-electron chi connectivity index (χ0n) is 13.7. The summed E-state index contributed by atoms with van der Waals surface area (Å²) in [4.78, 5) is 10.7. The highest BCUT2D eigenvalue weighted by Crippen LogP contribution is 2.34. The van der Waals surface area contributed by atoms with Crippen LogP contribution < -0.4 is 5.32 Å². The summed E-state index contributed by atoms with van der Waals surface area (Å²) in [5.74, 6) is 0.229. The van der Waals surface area contributed by atoms with E-state index in [0.717, 1.165) is 19.4 Å². The fourth-order valence-electron chi connectivity index (χ4n) is 3.15. The number of nitro groups is 1. The molecule has 8 heteroatoms. The summed E-state index contributed by atoms with van der Waals surface area (Å²) < 4.78 is 27.5. The first-order valence-electron chi connectivity index (χ1n) is 7.68. The Labute approximate surface area is 136 Å². The van der Waals surface area contributed by atoms with Crippen molar-refractivity contribution < 1.29 is 13.3 Å². The van der Waals surface area contributed by atoms with Crippen molar-refractivity contribution in [3.8, 4) is 0 Å².